The number of nitrogens with one attached hydrogen (secondary N) is 1. The van der Waals surface area contributed by atoms with Crippen LogP contribution in [0.1, 0.15) is 39.5 Å². The van der Waals surface area contributed by atoms with Crippen molar-refractivity contribution in [3.8, 4) is 0 Å². The molecular weight excluding hydrogens is 176 g/mol. The van der Waals surface area contributed by atoms with Crippen molar-refractivity contribution in [2.75, 3.05) is 6.54 Å². The molecule has 3 unspecified atom stereocenters. The fourth-order valence-electron chi connectivity index (χ4n) is 2.07. The predicted molar refractivity (Wildman–Crippen MR) is 57.8 cm³/mol. The Hall–Kier alpha value is -0.570. The van der Waals surface area contributed by atoms with Crippen molar-refractivity contribution in [3.05, 3.63) is 0 Å². The molecule has 1 fully saturated rings. The average molecular weight is 198 g/mol. The molecule has 1 saturated carbocycles. The molecule has 0 aliphatic heterocycles. The second-order valence-corrected chi connectivity index (χ2v) is 4.50. The van der Waals surface area contributed by atoms with Gasteiger partial charge in [-0.25, -0.2) is 0 Å². The van der Waals surface area contributed by atoms with Crippen LogP contribution in [0, 0.1) is 11.8 Å². The normalized spacial score (nSPS) is 28.8. The molecule has 0 radical (unpaired) electrons. The van der Waals surface area contributed by atoms with Gasteiger partial charge in [0.15, 0.2) is 0 Å². The maximum Gasteiger partial charge on any atom is 0.223 e. The summed E-state index contributed by atoms with van der Waals surface area (Å²) in [5.74, 6) is 0.881. The Morgan fingerprint density at radius 3 is 2.79 bits per heavy atom. The number of carbonyl (C=O) groups is 1. The number of rotatable bonds is 4. The van der Waals surface area contributed by atoms with E-state index in [4.69, 9.17) is 5.73 Å². The second kappa shape index (κ2) is 5.35. The number of hydrogen-bond donors (Lipinski definition) is 2. The summed E-state index contributed by atoms with van der Waals surface area (Å²) in [7, 11) is 0. The zero-order valence-corrected chi connectivity index (χ0v) is 9.25. The van der Waals surface area contributed by atoms with Crippen LogP contribution in [-0.4, -0.2) is 18.5 Å². The van der Waals surface area contributed by atoms with Crippen molar-refractivity contribution in [1.29, 1.82) is 0 Å². The van der Waals surface area contributed by atoms with Gasteiger partial charge in [-0.2, -0.15) is 0 Å². The molecular formula is C11H22N2O. The largest absolute Gasteiger partial charge is 0.353 e. The number of amides is 1. The van der Waals surface area contributed by atoms with Crippen LogP contribution in [0.3, 0.4) is 0 Å². The molecule has 0 bridgehead atoms. The monoisotopic (exact) mass is 198 g/mol. The maximum absolute atomic E-state index is 11.7. The van der Waals surface area contributed by atoms with E-state index in [9.17, 15) is 4.79 Å². The Bertz CT molecular complexity index is 194. The van der Waals surface area contributed by atoms with E-state index in [-0.39, 0.29) is 11.8 Å². The lowest BCUT2D eigenvalue weighted by atomic mass is 10.0. The summed E-state index contributed by atoms with van der Waals surface area (Å²) in [4.78, 5) is 11.7. The zero-order valence-electron chi connectivity index (χ0n) is 9.25. The summed E-state index contributed by atoms with van der Waals surface area (Å²) >= 11 is 0. The first-order valence-corrected chi connectivity index (χ1v) is 5.65. The average Bonchev–Trinajstić information content (AvgIpc) is 2.52. The Labute approximate surface area is 86.4 Å². The minimum Gasteiger partial charge on any atom is -0.353 e. The summed E-state index contributed by atoms with van der Waals surface area (Å²) in [5, 5.41) is 3.12. The van der Waals surface area contributed by atoms with Crippen LogP contribution in [0.4, 0.5) is 0 Å². The summed E-state index contributed by atoms with van der Waals surface area (Å²) in [6, 6.07) is 0.405. The van der Waals surface area contributed by atoms with E-state index in [1.165, 1.54) is 12.8 Å². The van der Waals surface area contributed by atoms with E-state index in [2.05, 4.69) is 12.2 Å². The third-order valence-electron chi connectivity index (χ3n) is 3.24. The molecule has 3 N–H and O–H groups in total. The lowest BCUT2D eigenvalue weighted by molar-refractivity contribution is -0.125. The molecule has 0 aromatic carbocycles. The Kier molecular flexibility index (Phi) is 4.39. The number of carbonyl (C=O) groups excluding carboxylic acids is 1. The van der Waals surface area contributed by atoms with E-state index in [1.54, 1.807) is 0 Å². The van der Waals surface area contributed by atoms with Crippen LogP contribution in [0.5, 0.6) is 0 Å². The minimum atomic E-state index is 0.0628. The van der Waals surface area contributed by atoms with Crippen molar-refractivity contribution < 1.29 is 4.79 Å². The van der Waals surface area contributed by atoms with Crippen molar-refractivity contribution in [2.24, 2.45) is 17.6 Å². The fraction of sp³-hybridized carbons (Fsp3) is 0.909. The van der Waals surface area contributed by atoms with Crippen LogP contribution in [0.15, 0.2) is 0 Å². The Morgan fingerprint density at radius 1 is 1.57 bits per heavy atom. The fourth-order valence-corrected chi connectivity index (χ4v) is 2.07. The van der Waals surface area contributed by atoms with Gasteiger partial charge in [-0.3, -0.25) is 4.79 Å². The van der Waals surface area contributed by atoms with Gasteiger partial charge in [0.1, 0.15) is 0 Å². The first-order chi connectivity index (χ1) is 6.65. The summed E-state index contributed by atoms with van der Waals surface area (Å²) in [5.41, 5.74) is 5.42. The molecule has 3 heteroatoms. The summed E-state index contributed by atoms with van der Waals surface area (Å²) in [6.07, 6.45) is 4.42. The summed E-state index contributed by atoms with van der Waals surface area (Å²) in [6.45, 7) is 4.75. The number of hydrogen-bond acceptors (Lipinski definition) is 2. The van der Waals surface area contributed by atoms with E-state index >= 15 is 0 Å². The first kappa shape index (κ1) is 11.5. The quantitative estimate of drug-likeness (QED) is 0.715. The van der Waals surface area contributed by atoms with Gasteiger partial charge in [0.25, 0.3) is 0 Å². The molecule has 1 aliphatic rings. The molecule has 3 nitrogen and oxygen atoms in total. The van der Waals surface area contributed by atoms with Gasteiger partial charge < -0.3 is 11.1 Å². The van der Waals surface area contributed by atoms with Gasteiger partial charge >= 0.3 is 0 Å². The minimum absolute atomic E-state index is 0.0628. The van der Waals surface area contributed by atoms with Crippen molar-refractivity contribution in [3.63, 3.8) is 0 Å². The SMILES string of the molecule is CC(CCN)C(=O)NC1CCCC1C. The molecule has 0 spiro atoms. The third kappa shape index (κ3) is 2.98. The van der Waals surface area contributed by atoms with Crippen LogP contribution < -0.4 is 11.1 Å². The molecule has 14 heavy (non-hydrogen) atoms. The van der Waals surface area contributed by atoms with Crippen molar-refractivity contribution in [1.82, 2.24) is 5.32 Å². The van der Waals surface area contributed by atoms with Crippen molar-refractivity contribution in [2.45, 2.75) is 45.6 Å². The smallest absolute Gasteiger partial charge is 0.223 e. The van der Waals surface area contributed by atoms with Crippen LogP contribution in [0.2, 0.25) is 0 Å². The van der Waals surface area contributed by atoms with Crippen LogP contribution >= 0.6 is 0 Å². The highest BCUT2D eigenvalue weighted by Gasteiger charge is 2.25. The van der Waals surface area contributed by atoms with Gasteiger partial charge in [0, 0.05) is 12.0 Å². The van der Waals surface area contributed by atoms with E-state index in [0.29, 0.717) is 18.5 Å². The van der Waals surface area contributed by atoms with Crippen molar-refractivity contribution >= 4 is 5.91 Å². The summed E-state index contributed by atoms with van der Waals surface area (Å²) < 4.78 is 0. The highest BCUT2D eigenvalue weighted by molar-refractivity contribution is 5.78. The predicted octanol–water partition coefficient (Wildman–Crippen LogP) is 1.28. The molecule has 82 valence electrons. The zero-order chi connectivity index (χ0) is 10.6. The molecule has 0 heterocycles. The lowest BCUT2D eigenvalue weighted by Crippen LogP contribution is -2.39. The highest BCUT2D eigenvalue weighted by atomic mass is 16.1. The topological polar surface area (TPSA) is 55.1 Å². The first-order valence-electron chi connectivity index (χ1n) is 5.65. The molecule has 1 amide bonds. The standard InChI is InChI=1S/C11H22N2O/c1-8-4-3-5-10(8)13-11(14)9(2)6-7-12/h8-10H,3-7,12H2,1-2H3,(H,13,14). The van der Waals surface area contributed by atoms with Gasteiger partial charge in [0.2, 0.25) is 5.91 Å². The van der Waals surface area contributed by atoms with Gasteiger partial charge in [-0.1, -0.05) is 20.3 Å². The van der Waals surface area contributed by atoms with Gasteiger partial charge in [0.05, 0.1) is 0 Å². The molecule has 3 atom stereocenters. The van der Waals surface area contributed by atoms with Crippen LogP contribution in [-0.2, 0) is 4.79 Å². The molecule has 1 rings (SSSR count). The van der Waals surface area contributed by atoms with E-state index in [0.717, 1.165) is 12.8 Å². The third-order valence-corrected chi connectivity index (χ3v) is 3.24. The molecule has 1 aliphatic carbocycles. The lowest BCUT2D eigenvalue weighted by Gasteiger charge is -2.19. The second-order valence-electron chi connectivity index (χ2n) is 4.50. The number of nitrogens with two attached hydrogens (primary N) is 1. The van der Waals surface area contributed by atoms with E-state index < -0.39 is 0 Å². The Morgan fingerprint density at radius 2 is 2.29 bits per heavy atom. The maximum atomic E-state index is 11.7. The molecule has 0 saturated heterocycles. The van der Waals surface area contributed by atoms with Gasteiger partial charge in [-0.15, -0.1) is 0 Å². The Balaban J connectivity index is 2.32. The van der Waals surface area contributed by atoms with E-state index in [1.807, 2.05) is 6.92 Å². The molecule has 0 aromatic rings. The van der Waals surface area contributed by atoms with Gasteiger partial charge in [-0.05, 0) is 31.7 Å². The molecule has 0 aromatic heterocycles. The highest BCUT2D eigenvalue weighted by Crippen LogP contribution is 2.25. The van der Waals surface area contributed by atoms with Crippen LogP contribution in [0.25, 0.3) is 0 Å².